The van der Waals surface area contributed by atoms with Gasteiger partial charge in [0.05, 0.1) is 11.9 Å². The monoisotopic (exact) mass is 573 g/mol. The van der Waals surface area contributed by atoms with Crippen LogP contribution in [0.15, 0.2) is 30.5 Å². The fraction of sp³-hybridized carbons (Fsp3) is 0.464. The summed E-state index contributed by atoms with van der Waals surface area (Å²) in [5.74, 6) is 0.284. The minimum atomic E-state index is -1.03. The average molecular weight is 574 g/mol. The third kappa shape index (κ3) is 4.48. The fourth-order valence-electron chi connectivity index (χ4n) is 6.50. The van der Waals surface area contributed by atoms with Gasteiger partial charge in [0.2, 0.25) is 5.82 Å². The van der Waals surface area contributed by atoms with Gasteiger partial charge in [-0.3, -0.25) is 4.79 Å². The van der Waals surface area contributed by atoms with E-state index in [1.807, 2.05) is 31.0 Å². The maximum absolute atomic E-state index is 13.5. The molecule has 3 aliphatic rings. The Kier molecular flexibility index (Phi) is 5.96. The Balaban J connectivity index is 1.05. The third-order valence-electron chi connectivity index (χ3n) is 8.73. The molecule has 0 saturated carbocycles. The van der Waals surface area contributed by atoms with E-state index < -0.39 is 5.97 Å². The van der Waals surface area contributed by atoms with Crippen molar-refractivity contribution in [3.63, 3.8) is 0 Å². The number of hydrogen-bond donors (Lipinski definition) is 1. The predicted octanol–water partition coefficient (Wildman–Crippen LogP) is 2.67. The molecule has 0 radical (unpaired) electrons. The van der Waals surface area contributed by atoms with Crippen molar-refractivity contribution in [2.24, 2.45) is 11.8 Å². The number of aromatic carboxylic acids is 1. The van der Waals surface area contributed by atoms with E-state index >= 15 is 0 Å². The van der Waals surface area contributed by atoms with E-state index in [4.69, 9.17) is 0 Å². The largest absolute Gasteiger partial charge is 0.477 e. The summed E-state index contributed by atoms with van der Waals surface area (Å²) in [5.41, 5.74) is 2.71. The number of hydrogen-bond acceptors (Lipinski definition) is 10. The molecule has 1 N–H and O–H groups in total. The van der Waals surface area contributed by atoms with E-state index in [1.165, 1.54) is 6.07 Å². The molecule has 212 valence electrons. The first kappa shape index (κ1) is 25.8. The number of carbonyl (C=O) groups excluding carboxylic acids is 1. The number of carboxylic acids is 1. The second-order valence-corrected chi connectivity index (χ2v) is 12.9. The molecule has 13 heteroatoms. The number of rotatable bonds is 5. The topological polar surface area (TPSA) is 133 Å². The van der Waals surface area contributed by atoms with E-state index in [0.29, 0.717) is 36.4 Å². The van der Waals surface area contributed by atoms with Gasteiger partial charge < -0.3 is 19.8 Å². The molecule has 1 amide bonds. The zero-order chi connectivity index (χ0) is 28.5. The summed E-state index contributed by atoms with van der Waals surface area (Å²) in [4.78, 5) is 40.1. The van der Waals surface area contributed by atoms with Crippen molar-refractivity contribution in [2.45, 2.75) is 32.6 Å². The van der Waals surface area contributed by atoms with Crippen molar-refractivity contribution >= 4 is 40.4 Å². The van der Waals surface area contributed by atoms with Crippen LogP contribution in [0.5, 0.6) is 0 Å². The smallest absolute Gasteiger partial charge is 0.354 e. The Bertz CT molecular complexity index is 1670. The van der Waals surface area contributed by atoms with Crippen LogP contribution in [0.25, 0.3) is 5.65 Å². The lowest BCUT2D eigenvalue weighted by molar-refractivity contribution is 0.0689. The van der Waals surface area contributed by atoms with Crippen LogP contribution in [0.4, 0.5) is 11.5 Å². The quantitative estimate of drug-likeness (QED) is 0.380. The van der Waals surface area contributed by atoms with Gasteiger partial charge in [0.1, 0.15) is 15.8 Å². The number of nitrogens with zero attached hydrogens (tertiary/aromatic N) is 9. The zero-order valence-corrected chi connectivity index (χ0v) is 24.0. The summed E-state index contributed by atoms with van der Waals surface area (Å²) in [7, 11) is 0. The Morgan fingerprint density at radius 3 is 2.54 bits per heavy atom. The molecule has 3 unspecified atom stereocenters. The normalized spacial score (nSPS) is 24.0. The van der Waals surface area contributed by atoms with Gasteiger partial charge in [0.15, 0.2) is 11.3 Å². The maximum Gasteiger partial charge on any atom is 0.354 e. The molecule has 41 heavy (non-hydrogen) atoms. The van der Waals surface area contributed by atoms with Gasteiger partial charge in [-0.15, -0.1) is 26.6 Å². The number of carboxylic acid groups (broad SMARTS) is 1. The molecule has 7 heterocycles. The molecule has 4 aromatic heterocycles. The molecule has 3 saturated heterocycles. The van der Waals surface area contributed by atoms with Gasteiger partial charge in [-0.05, 0) is 44.0 Å². The van der Waals surface area contributed by atoms with Crippen LogP contribution in [0, 0.1) is 25.7 Å². The Morgan fingerprint density at radius 1 is 1.05 bits per heavy atom. The maximum atomic E-state index is 13.5. The molecule has 0 spiro atoms. The van der Waals surface area contributed by atoms with Crippen molar-refractivity contribution < 1.29 is 14.7 Å². The lowest BCUT2D eigenvalue weighted by Gasteiger charge is -2.23. The van der Waals surface area contributed by atoms with Crippen LogP contribution in [0.2, 0.25) is 0 Å². The van der Waals surface area contributed by atoms with Crippen molar-refractivity contribution in [3.8, 4) is 0 Å². The van der Waals surface area contributed by atoms with E-state index in [9.17, 15) is 14.7 Å². The van der Waals surface area contributed by atoms with Gasteiger partial charge in [0.25, 0.3) is 5.91 Å². The standard InChI is InChI=1S/C28H31N9O3S/c1-16-9-20(34-8-7-28(3,15-34)27-32-31-17(2)41-27)14-37-24(16)30-23(33-37)25(38)36-12-18-10-35(11-19(18)13-36)22-6-4-5-21(29-22)26(39)40/h4-6,9,14,18-19H,7-8,10-13,15H2,1-3H3,(H,39,40). The van der Waals surface area contributed by atoms with Gasteiger partial charge >= 0.3 is 5.97 Å². The number of anilines is 2. The number of amides is 1. The highest BCUT2D eigenvalue weighted by molar-refractivity contribution is 7.11. The number of carbonyl (C=O) groups is 2. The van der Waals surface area contributed by atoms with E-state index in [1.54, 1.807) is 21.9 Å². The molecule has 3 aliphatic heterocycles. The molecule has 0 aromatic carbocycles. The highest BCUT2D eigenvalue weighted by Gasteiger charge is 2.43. The second-order valence-electron chi connectivity index (χ2n) is 11.8. The minimum Gasteiger partial charge on any atom is -0.477 e. The Morgan fingerprint density at radius 2 is 1.83 bits per heavy atom. The SMILES string of the molecule is Cc1nnc(C2(C)CCN(c3cc(C)c4nc(C(=O)N5CC6CN(c7cccc(C(=O)O)n7)CC6C5)nn4c3)C2)s1. The summed E-state index contributed by atoms with van der Waals surface area (Å²) in [6.07, 6.45) is 2.97. The molecule has 12 nitrogen and oxygen atoms in total. The first-order chi connectivity index (χ1) is 19.7. The average Bonchev–Trinajstić information content (AvgIpc) is 3.76. The lowest BCUT2D eigenvalue weighted by Crippen LogP contribution is -2.34. The summed E-state index contributed by atoms with van der Waals surface area (Å²) in [6, 6.07) is 7.18. The third-order valence-corrected chi connectivity index (χ3v) is 9.87. The van der Waals surface area contributed by atoms with Crippen molar-refractivity contribution in [1.29, 1.82) is 0 Å². The van der Waals surface area contributed by atoms with Crippen molar-refractivity contribution in [3.05, 3.63) is 57.6 Å². The van der Waals surface area contributed by atoms with Crippen LogP contribution in [-0.4, -0.2) is 90.9 Å². The molecule has 7 rings (SSSR count). The van der Waals surface area contributed by atoms with Crippen LogP contribution in [0.1, 0.15) is 50.0 Å². The Hall–Kier alpha value is -4.13. The summed E-state index contributed by atoms with van der Waals surface area (Å²) < 4.78 is 1.74. The van der Waals surface area contributed by atoms with E-state index in [2.05, 4.69) is 48.1 Å². The fourth-order valence-corrected chi connectivity index (χ4v) is 7.35. The number of pyridine rings is 2. The molecule has 4 aromatic rings. The summed E-state index contributed by atoms with van der Waals surface area (Å²) in [6.45, 7) is 10.7. The minimum absolute atomic E-state index is 0.0402. The molecule has 3 atom stereocenters. The van der Waals surface area contributed by atoms with E-state index in [0.717, 1.165) is 53.9 Å². The van der Waals surface area contributed by atoms with Gasteiger partial charge in [-0.25, -0.2) is 19.3 Å². The van der Waals surface area contributed by atoms with Gasteiger partial charge in [-0.1, -0.05) is 13.0 Å². The molecular formula is C28H31N9O3S. The van der Waals surface area contributed by atoms with Gasteiger partial charge in [0, 0.05) is 56.5 Å². The van der Waals surface area contributed by atoms with Crippen molar-refractivity contribution in [1.82, 2.24) is 34.7 Å². The van der Waals surface area contributed by atoms with Crippen LogP contribution in [-0.2, 0) is 5.41 Å². The van der Waals surface area contributed by atoms with E-state index in [-0.39, 0.29) is 22.8 Å². The molecule has 0 aliphatic carbocycles. The molecule has 0 bridgehead atoms. The number of aromatic nitrogens is 6. The zero-order valence-electron chi connectivity index (χ0n) is 23.2. The predicted molar refractivity (Wildman–Crippen MR) is 153 cm³/mol. The summed E-state index contributed by atoms with van der Waals surface area (Å²) >= 11 is 1.67. The first-order valence-electron chi connectivity index (χ1n) is 13.8. The van der Waals surface area contributed by atoms with Crippen LogP contribution < -0.4 is 9.80 Å². The summed E-state index contributed by atoms with van der Waals surface area (Å²) in [5, 5.41) is 24.6. The Labute approximate surface area is 240 Å². The second kappa shape index (κ2) is 9.47. The number of fused-ring (bicyclic) bond motifs is 2. The van der Waals surface area contributed by atoms with Gasteiger partial charge in [-0.2, -0.15) is 0 Å². The molecular weight excluding hydrogens is 542 g/mol. The van der Waals surface area contributed by atoms with Crippen LogP contribution >= 0.6 is 11.3 Å². The first-order valence-corrected chi connectivity index (χ1v) is 14.7. The lowest BCUT2D eigenvalue weighted by atomic mass is 9.91. The highest BCUT2D eigenvalue weighted by atomic mass is 32.1. The van der Waals surface area contributed by atoms with Crippen molar-refractivity contribution in [2.75, 3.05) is 49.1 Å². The molecule has 3 fully saturated rings. The van der Waals surface area contributed by atoms with Crippen LogP contribution in [0.3, 0.4) is 0 Å². The highest BCUT2D eigenvalue weighted by Crippen LogP contribution is 2.38. The number of aryl methyl sites for hydroxylation is 2. The number of likely N-dealkylation sites (tertiary alicyclic amines) is 1.